The Labute approximate surface area is 68.9 Å². The number of nitrogens with zero attached hydrogens (tertiary/aromatic N) is 2. The summed E-state index contributed by atoms with van der Waals surface area (Å²) >= 11 is 0. The molecule has 0 saturated carbocycles. The SMILES string of the molecule is C=C/C(=N/CC)C(=C)N(C)C. The van der Waals surface area contributed by atoms with Crippen LogP contribution in [0.4, 0.5) is 0 Å². The molecule has 2 nitrogen and oxygen atoms in total. The molecule has 0 N–H and O–H groups in total. The average Bonchev–Trinajstić information content (AvgIpc) is 1.98. The lowest BCUT2D eigenvalue weighted by Gasteiger charge is -2.15. The zero-order valence-electron chi connectivity index (χ0n) is 7.59. The van der Waals surface area contributed by atoms with Crippen molar-refractivity contribution in [1.29, 1.82) is 0 Å². The second kappa shape index (κ2) is 4.72. The van der Waals surface area contributed by atoms with Gasteiger partial charge in [-0.3, -0.25) is 4.99 Å². The summed E-state index contributed by atoms with van der Waals surface area (Å²) in [6.45, 7) is 10.3. The van der Waals surface area contributed by atoms with Gasteiger partial charge in [0.25, 0.3) is 0 Å². The molecule has 0 atom stereocenters. The summed E-state index contributed by atoms with van der Waals surface area (Å²) in [4.78, 5) is 6.15. The van der Waals surface area contributed by atoms with Crippen molar-refractivity contribution >= 4 is 5.71 Å². The quantitative estimate of drug-likeness (QED) is 0.560. The molecule has 0 saturated heterocycles. The van der Waals surface area contributed by atoms with Crippen molar-refractivity contribution in [2.24, 2.45) is 4.99 Å². The molecule has 0 spiro atoms. The van der Waals surface area contributed by atoms with Gasteiger partial charge in [-0.25, -0.2) is 0 Å². The number of aliphatic imine (C=N–C) groups is 1. The van der Waals surface area contributed by atoms with E-state index < -0.39 is 0 Å². The fourth-order valence-corrected chi connectivity index (χ4v) is 0.673. The topological polar surface area (TPSA) is 15.6 Å². The highest BCUT2D eigenvalue weighted by atomic mass is 15.1. The molecule has 0 aliphatic heterocycles. The summed E-state index contributed by atoms with van der Waals surface area (Å²) in [5.74, 6) is 0. The van der Waals surface area contributed by atoms with Crippen molar-refractivity contribution in [3.63, 3.8) is 0 Å². The Morgan fingerprint density at radius 2 is 2.09 bits per heavy atom. The first-order valence-electron chi connectivity index (χ1n) is 3.67. The molecular weight excluding hydrogens is 136 g/mol. The maximum absolute atomic E-state index is 4.22. The summed E-state index contributed by atoms with van der Waals surface area (Å²) < 4.78 is 0. The Bertz CT molecular complexity index is 178. The van der Waals surface area contributed by atoms with Gasteiger partial charge in [0.15, 0.2) is 0 Å². The largest absolute Gasteiger partial charge is 0.376 e. The molecule has 0 bridgehead atoms. The molecule has 0 heterocycles. The second-order valence-corrected chi connectivity index (χ2v) is 2.40. The molecule has 0 amide bonds. The van der Waals surface area contributed by atoms with Gasteiger partial charge >= 0.3 is 0 Å². The van der Waals surface area contributed by atoms with Crippen LogP contribution < -0.4 is 0 Å². The number of hydrogen-bond acceptors (Lipinski definition) is 2. The van der Waals surface area contributed by atoms with Crippen molar-refractivity contribution in [3.05, 3.63) is 24.9 Å². The summed E-state index contributed by atoms with van der Waals surface area (Å²) in [5.41, 5.74) is 1.78. The number of allylic oxidation sites excluding steroid dienone is 1. The van der Waals surface area contributed by atoms with Gasteiger partial charge in [0.2, 0.25) is 0 Å². The van der Waals surface area contributed by atoms with E-state index in [9.17, 15) is 0 Å². The Morgan fingerprint density at radius 3 is 2.36 bits per heavy atom. The first-order valence-corrected chi connectivity index (χ1v) is 3.67. The molecule has 0 radical (unpaired) electrons. The lowest BCUT2D eigenvalue weighted by atomic mass is 10.3. The Balaban J connectivity index is 4.39. The molecule has 62 valence electrons. The molecular formula is C9H16N2. The van der Waals surface area contributed by atoms with Gasteiger partial charge in [-0.2, -0.15) is 0 Å². The number of rotatable bonds is 4. The molecule has 0 aromatic carbocycles. The van der Waals surface area contributed by atoms with Gasteiger partial charge in [-0.05, 0) is 13.0 Å². The van der Waals surface area contributed by atoms with Crippen molar-refractivity contribution in [2.75, 3.05) is 20.6 Å². The molecule has 0 aromatic heterocycles. The molecule has 11 heavy (non-hydrogen) atoms. The van der Waals surface area contributed by atoms with Crippen LogP contribution >= 0.6 is 0 Å². The Kier molecular flexibility index (Phi) is 4.27. The number of hydrogen-bond donors (Lipinski definition) is 0. The average molecular weight is 152 g/mol. The third kappa shape index (κ3) is 3.03. The van der Waals surface area contributed by atoms with Crippen LogP contribution in [0.2, 0.25) is 0 Å². The van der Waals surface area contributed by atoms with E-state index in [1.165, 1.54) is 0 Å². The van der Waals surface area contributed by atoms with E-state index in [4.69, 9.17) is 0 Å². The normalized spacial score (nSPS) is 11.0. The van der Waals surface area contributed by atoms with Crippen LogP contribution in [0.15, 0.2) is 29.9 Å². The van der Waals surface area contributed by atoms with Gasteiger partial charge in [-0.15, -0.1) is 0 Å². The predicted molar refractivity (Wildman–Crippen MR) is 51.0 cm³/mol. The molecule has 0 unspecified atom stereocenters. The Morgan fingerprint density at radius 1 is 1.55 bits per heavy atom. The van der Waals surface area contributed by atoms with Crippen LogP contribution in [0.3, 0.4) is 0 Å². The third-order valence-corrected chi connectivity index (χ3v) is 1.36. The van der Waals surface area contributed by atoms with E-state index in [-0.39, 0.29) is 0 Å². The van der Waals surface area contributed by atoms with Crippen LogP contribution in [-0.4, -0.2) is 31.3 Å². The fourth-order valence-electron chi connectivity index (χ4n) is 0.673. The van der Waals surface area contributed by atoms with Crippen molar-refractivity contribution in [3.8, 4) is 0 Å². The zero-order valence-corrected chi connectivity index (χ0v) is 7.59. The van der Waals surface area contributed by atoms with E-state index in [1.54, 1.807) is 6.08 Å². The third-order valence-electron chi connectivity index (χ3n) is 1.36. The monoisotopic (exact) mass is 152 g/mol. The van der Waals surface area contributed by atoms with Crippen LogP contribution in [0.5, 0.6) is 0 Å². The van der Waals surface area contributed by atoms with Crippen LogP contribution in [0.1, 0.15) is 6.92 Å². The minimum Gasteiger partial charge on any atom is -0.376 e. The lowest BCUT2D eigenvalue weighted by Crippen LogP contribution is -2.16. The van der Waals surface area contributed by atoms with Gasteiger partial charge in [0.1, 0.15) is 0 Å². The van der Waals surface area contributed by atoms with E-state index in [0.717, 1.165) is 18.0 Å². The van der Waals surface area contributed by atoms with Crippen molar-refractivity contribution in [2.45, 2.75) is 6.92 Å². The van der Waals surface area contributed by atoms with Gasteiger partial charge in [-0.1, -0.05) is 13.2 Å². The van der Waals surface area contributed by atoms with Gasteiger partial charge in [0.05, 0.1) is 11.4 Å². The minimum absolute atomic E-state index is 0.772. The highest BCUT2D eigenvalue weighted by molar-refractivity contribution is 6.07. The smallest absolute Gasteiger partial charge is 0.0795 e. The molecule has 2 heteroatoms. The van der Waals surface area contributed by atoms with Crippen LogP contribution in [0, 0.1) is 0 Å². The van der Waals surface area contributed by atoms with Crippen molar-refractivity contribution in [1.82, 2.24) is 4.90 Å². The molecule has 0 aromatic rings. The highest BCUT2D eigenvalue weighted by Crippen LogP contribution is 1.99. The fraction of sp³-hybridized carbons (Fsp3) is 0.444. The summed E-state index contributed by atoms with van der Waals surface area (Å²) in [6.07, 6.45) is 1.73. The zero-order chi connectivity index (χ0) is 8.85. The maximum Gasteiger partial charge on any atom is 0.0795 e. The molecule has 0 aliphatic carbocycles. The molecule has 0 rings (SSSR count). The lowest BCUT2D eigenvalue weighted by molar-refractivity contribution is 0.541. The summed E-state index contributed by atoms with van der Waals surface area (Å²) in [6, 6.07) is 0. The van der Waals surface area contributed by atoms with Crippen molar-refractivity contribution < 1.29 is 0 Å². The van der Waals surface area contributed by atoms with Crippen LogP contribution in [0.25, 0.3) is 0 Å². The minimum atomic E-state index is 0.772. The Hall–Kier alpha value is -1.05. The highest BCUT2D eigenvalue weighted by Gasteiger charge is 2.00. The van der Waals surface area contributed by atoms with Gasteiger partial charge < -0.3 is 4.90 Å². The second-order valence-electron chi connectivity index (χ2n) is 2.40. The van der Waals surface area contributed by atoms with E-state index >= 15 is 0 Å². The maximum atomic E-state index is 4.22. The summed E-state index contributed by atoms with van der Waals surface area (Å²) in [5, 5.41) is 0. The molecule has 0 fully saturated rings. The van der Waals surface area contributed by atoms with Gasteiger partial charge in [0, 0.05) is 20.6 Å². The van der Waals surface area contributed by atoms with E-state index in [0.29, 0.717) is 0 Å². The summed E-state index contributed by atoms with van der Waals surface area (Å²) in [7, 11) is 3.88. The first-order chi connectivity index (χ1) is 5.13. The predicted octanol–water partition coefficient (Wildman–Crippen LogP) is 1.71. The van der Waals surface area contributed by atoms with E-state index in [1.807, 2.05) is 25.9 Å². The molecule has 0 aliphatic rings. The first kappa shape index (κ1) is 9.95. The van der Waals surface area contributed by atoms with E-state index in [2.05, 4.69) is 18.2 Å². The van der Waals surface area contributed by atoms with Crippen LogP contribution in [-0.2, 0) is 0 Å². The standard InChI is InChI=1S/C9H16N2/c1-6-9(10-7-2)8(3)11(4)5/h6H,1,3,7H2,2,4-5H3/b10-9-.